The third-order valence-electron chi connectivity index (χ3n) is 13.6. The fraction of sp³-hybridized carbons (Fsp3) is 0.696. The molecule has 2 aromatic carbocycles. The van der Waals surface area contributed by atoms with Crippen molar-refractivity contribution in [1.82, 2.24) is 0 Å². The molecule has 0 aliphatic rings. The molecule has 0 aliphatic carbocycles. The van der Waals surface area contributed by atoms with Gasteiger partial charge in [0.25, 0.3) is 0 Å². The van der Waals surface area contributed by atoms with Gasteiger partial charge >= 0.3 is 333 Å². The van der Waals surface area contributed by atoms with E-state index in [1.807, 2.05) is 36.4 Å². The maximum atomic E-state index is 20.6. The second-order valence-corrected chi connectivity index (χ2v) is 41.7. The van der Waals surface area contributed by atoms with Crippen LogP contribution in [0.5, 0.6) is 0 Å². The first-order chi connectivity index (χ1) is 25.8. The summed E-state index contributed by atoms with van der Waals surface area (Å²) < 4.78 is 20.6. The van der Waals surface area contributed by atoms with E-state index in [-0.39, 0.29) is 11.1 Å². The van der Waals surface area contributed by atoms with E-state index in [1.165, 1.54) is 0 Å². The molecule has 0 aliphatic heterocycles. The van der Waals surface area contributed by atoms with Crippen LogP contribution in [0.1, 0.15) is 179 Å². The summed E-state index contributed by atoms with van der Waals surface area (Å²) in [6, 6.07) is 15.0. The van der Waals surface area contributed by atoms with E-state index < -0.39 is 31.9 Å². The van der Waals surface area contributed by atoms with Crippen molar-refractivity contribution in [3.8, 4) is 0 Å². The minimum atomic E-state index is -4.79. The summed E-state index contributed by atoms with van der Waals surface area (Å²) in [5, 5.41) is 22.9. The van der Waals surface area contributed by atoms with Gasteiger partial charge in [-0.2, -0.15) is 0 Å². The van der Waals surface area contributed by atoms with Gasteiger partial charge in [-0.15, -0.1) is 0 Å². The monoisotopic (exact) mass is 809 g/mol. The molecule has 0 aromatic heterocycles. The summed E-state index contributed by atoms with van der Waals surface area (Å²) in [6.07, 6.45) is 21.7. The summed E-state index contributed by atoms with van der Waals surface area (Å²) in [5.74, 6) is -9.80. The number of unbranched alkanes of at least 4 members (excludes halogenated alkanes) is 8. The number of carboxylic acids is 2. The molecular weight excluding hydrogens is 727 g/mol. The first-order valence-electron chi connectivity index (χ1n) is 22.1. The van der Waals surface area contributed by atoms with Crippen molar-refractivity contribution >= 4 is 31.9 Å². The average molecular weight is 809 g/mol. The van der Waals surface area contributed by atoms with E-state index >= 15 is 4.21 Å². The van der Waals surface area contributed by atoms with Crippen molar-refractivity contribution in [2.24, 2.45) is 0 Å². The third kappa shape index (κ3) is 7.94. The first kappa shape index (κ1) is 48.5. The first-order valence-corrected chi connectivity index (χ1v) is 31.3. The number of carbonyl (C=O) groups is 2. The molecule has 312 valence electrons. The van der Waals surface area contributed by atoms with Gasteiger partial charge in [0.05, 0.1) is 0 Å². The van der Waals surface area contributed by atoms with E-state index in [9.17, 15) is 19.8 Å². The quantitative estimate of drug-likeness (QED) is 0.0767. The number of carboxylic acid groups (broad SMARTS) is 2. The Morgan fingerprint density at radius 2 is 0.630 bits per heavy atom. The zero-order valence-electron chi connectivity index (χ0n) is 36.0. The van der Waals surface area contributed by atoms with Crippen molar-refractivity contribution in [3.05, 3.63) is 59.7 Å². The van der Waals surface area contributed by atoms with Gasteiger partial charge in [-0.3, -0.25) is 0 Å². The fourth-order valence-corrected chi connectivity index (χ4v) is 72.2. The Morgan fingerprint density at radius 3 is 0.815 bits per heavy atom. The van der Waals surface area contributed by atoms with Crippen LogP contribution in [0.4, 0.5) is 0 Å². The molecule has 0 atom stereocenters. The topological polar surface area (TPSA) is 91.7 Å². The van der Waals surface area contributed by atoms with Crippen LogP contribution in [0.15, 0.2) is 58.3 Å². The summed E-state index contributed by atoms with van der Waals surface area (Å²) in [4.78, 5) is 29.1. The predicted octanol–water partition coefficient (Wildman–Crippen LogP) is 14.7. The summed E-state index contributed by atoms with van der Waals surface area (Å²) in [6.45, 7) is 18.0. The SMILES string of the molecule is CCCCP(CCCC)(CCCC)(CCCC)S(=O)(c1ccccc1C(=O)O)(c1ccccc1C(=O)O)P(CCCC)(CCCC)(CCCC)CCCC. The van der Waals surface area contributed by atoms with Crippen LogP contribution in [0.25, 0.3) is 0 Å². The van der Waals surface area contributed by atoms with E-state index in [0.717, 1.165) is 152 Å². The molecule has 54 heavy (non-hydrogen) atoms. The molecule has 0 bridgehead atoms. The van der Waals surface area contributed by atoms with Gasteiger partial charge in [0.1, 0.15) is 0 Å². The number of hydrogen-bond acceptors (Lipinski definition) is 3. The molecular formula is C46H82O5P2S. The van der Waals surface area contributed by atoms with Gasteiger partial charge in [0.2, 0.25) is 0 Å². The molecule has 0 unspecified atom stereocenters. The minimum absolute atomic E-state index is 0.152. The Labute approximate surface area is 331 Å². The average Bonchev–Trinajstić information content (AvgIpc) is 3.19. The van der Waals surface area contributed by atoms with Crippen molar-refractivity contribution in [2.75, 3.05) is 49.3 Å². The zero-order valence-corrected chi connectivity index (χ0v) is 38.6. The van der Waals surface area contributed by atoms with Crippen molar-refractivity contribution in [1.29, 1.82) is 0 Å². The Kier molecular flexibility index (Phi) is 19.1. The van der Waals surface area contributed by atoms with Crippen LogP contribution in [0, 0.1) is 0 Å². The third-order valence-corrected chi connectivity index (χ3v) is 57.8. The summed E-state index contributed by atoms with van der Waals surface area (Å²) in [5.41, 5.74) is 0.305. The van der Waals surface area contributed by atoms with Crippen LogP contribution in [-0.2, 0) is 8.31 Å². The second kappa shape index (κ2) is 21.2. The van der Waals surface area contributed by atoms with Crippen LogP contribution >= 0.6 is 11.6 Å². The molecule has 2 N–H and O–H groups in total. The van der Waals surface area contributed by atoms with Gasteiger partial charge in [-0.1, -0.05) is 0 Å². The zero-order chi connectivity index (χ0) is 40.4. The van der Waals surface area contributed by atoms with E-state index in [0.29, 0.717) is 9.79 Å². The van der Waals surface area contributed by atoms with Crippen LogP contribution in [0.2, 0.25) is 0 Å². The van der Waals surface area contributed by atoms with E-state index in [1.54, 1.807) is 12.1 Å². The van der Waals surface area contributed by atoms with E-state index in [2.05, 4.69) is 55.4 Å². The molecule has 0 saturated carbocycles. The number of aromatic carboxylic acids is 2. The van der Waals surface area contributed by atoms with Crippen LogP contribution in [0.3, 0.4) is 0 Å². The Morgan fingerprint density at radius 1 is 0.426 bits per heavy atom. The van der Waals surface area contributed by atoms with Gasteiger partial charge in [-0.05, 0) is 0 Å². The summed E-state index contributed by atoms with van der Waals surface area (Å²) in [7, 11) is -4.79. The predicted molar refractivity (Wildman–Crippen MR) is 244 cm³/mol. The molecule has 0 amide bonds. The molecule has 5 nitrogen and oxygen atoms in total. The Bertz CT molecular complexity index is 1350. The molecule has 0 saturated heterocycles. The van der Waals surface area contributed by atoms with Gasteiger partial charge < -0.3 is 0 Å². The van der Waals surface area contributed by atoms with Crippen molar-refractivity contribution in [2.45, 2.75) is 168 Å². The molecule has 0 radical (unpaired) electrons. The molecule has 0 spiro atoms. The fourth-order valence-electron chi connectivity index (χ4n) is 11.0. The van der Waals surface area contributed by atoms with Gasteiger partial charge in [0.15, 0.2) is 0 Å². The summed E-state index contributed by atoms with van der Waals surface area (Å²) >= 11 is 0. The van der Waals surface area contributed by atoms with E-state index in [4.69, 9.17) is 0 Å². The standard InChI is InChI=1S/C46H82O5P2S/c1-9-17-33-52(34-18-10-2,35-19-11-3,36-20-12-4)54(51,43-31-27-25-29-41(43)45(47)48,44-32-28-26-30-42(44)46(49)50)53(37-21-13-5,38-22-14-6,39-23-15-7)40-24-16-8/h25-32H,9-24,33-40H2,1-8H3,(H,47,48)(H,49,50). The molecule has 8 heteroatoms. The number of benzene rings is 2. The van der Waals surface area contributed by atoms with Gasteiger partial charge in [0, 0.05) is 0 Å². The Balaban J connectivity index is 4.12. The van der Waals surface area contributed by atoms with Crippen molar-refractivity contribution < 1.29 is 24.0 Å². The molecule has 2 aromatic rings. The normalized spacial score (nSPS) is 14.7. The molecule has 0 heterocycles. The number of rotatable bonds is 30. The van der Waals surface area contributed by atoms with Gasteiger partial charge in [-0.25, -0.2) is 0 Å². The number of hydrogen-bond donors (Lipinski definition) is 2. The van der Waals surface area contributed by atoms with Crippen molar-refractivity contribution in [3.63, 3.8) is 0 Å². The van der Waals surface area contributed by atoms with Crippen LogP contribution < -0.4 is 0 Å². The Hall–Kier alpha value is -1.61. The maximum absolute atomic E-state index is 20.6. The van der Waals surface area contributed by atoms with Crippen LogP contribution in [-0.4, -0.2) is 75.7 Å². The molecule has 2 rings (SSSR count). The second-order valence-electron chi connectivity index (χ2n) is 16.8. The molecule has 0 fully saturated rings.